The van der Waals surface area contributed by atoms with Gasteiger partial charge in [-0.3, -0.25) is 9.78 Å². The molecular formula is C55H69MgN4O6-. The maximum Gasteiger partial charge on any atom is 2.00 e. The Balaban J connectivity index is 0.00000817. The molecule has 6 rings (SSSR count). The van der Waals surface area contributed by atoms with E-state index in [0.717, 1.165) is 35.8 Å². The van der Waals surface area contributed by atoms with E-state index in [2.05, 4.69) is 47.8 Å². The number of esters is 2. The number of aryl methyl sites for hydroxylation is 2. The molecule has 1 aliphatic carbocycles. The number of allylic oxidation sites excluding steroid dienone is 3. The summed E-state index contributed by atoms with van der Waals surface area (Å²) >= 11 is 0. The predicted octanol–water partition coefficient (Wildman–Crippen LogP) is 10.9. The van der Waals surface area contributed by atoms with Crippen molar-refractivity contribution in [3.8, 4) is 0 Å². The van der Waals surface area contributed by atoms with Crippen LogP contribution in [0.1, 0.15) is 175 Å². The molecule has 3 aromatic rings. The van der Waals surface area contributed by atoms with Gasteiger partial charge in [0.25, 0.3) is 0 Å². The summed E-state index contributed by atoms with van der Waals surface area (Å²) in [4.78, 5) is 47.0. The van der Waals surface area contributed by atoms with Crippen molar-refractivity contribution < 1.29 is 29.3 Å². The van der Waals surface area contributed by atoms with E-state index in [1.807, 2.05) is 32.1 Å². The molecule has 4 atom stereocenters. The van der Waals surface area contributed by atoms with Crippen LogP contribution in [0.15, 0.2) is 49.1 Å². The van der Waals surface area contributed by atoms with Crippen LogP contribution in [-0.4, -0.2) is 70.4 Å². The van der Waals surface area contributed by atoms with E-state index < -0.39 is 11.7 Å². The molecule has 0 unspecified atom stereocenters. The van der Waals surface area contributed by atoms with E-state index in [9.17, 15) is 19.8 Å². The second kappa shape index (κ2) is 23.3. The molecule has 11 heteroatoms. The largest absolute Gasteiger partial charge is 2.00 e. The standard InChI is InChI=1S/C55H71N4O6.Mg/c1-12-38-35(8)42-27-43-36(9)40(23-24-48(61)65-26-25-34(7)22-16-21-33(6)20-15-19-32(5)18-14-17-31(3)4)52(58-43)50-51(55(63)64-11)54(62)49-37(10)44(59-53(49)50)28-46-39(13-2)41(30-60)47(57-46)29-45(38)56-42;/h12-13,25,27-29,31-33,36,40,60H,1-2,14-24,26,30H2,3-11H3,(H2-,56,57,58,59,62,63);/q-1;+2/p-2/b34-25+;/t32-,33-,36+,40+;/m1./s1. The Hall–Kier alpha value is -4.71. The molecule has 0 radical (unpaired) electrons. The van der Waals surface area contributed by atoms with Crippen LogP contribution in [0.2, 0.25) is 0 Å². The molecular weight excluding hydrogens is 837 g/mol. The molecule has 0 aromatic carbocycles. The molecule has 0 spiro atoms. The minimum Gasteiger partial charge on any atom is -0.871 e. The molecule has 3 aliphatic rings. The van der Waals surface area contributed by atoms with Gasteiger partial charge in [0.2, 0.25) is 0 Å². The topological polar surface area (TPSA) is 150 Å². The molecule has 1 N–H and O–H groups in total. The average molecular weight is 906 g/mol. The van der Waals surface area contributed by atoms with E-state index in [4.69, 9.17) is 29.4 Å². The Bertz CT molecular complexity index is 2570. The van der Waals surface area contributed by atoms with Crippen LogP contribution in [0.25, 0.3) is 50.6 Å². The third-order valence-corrected chi connectivity index (χ3v) is 13.8. The number of aliphatic hydroxyl groups is 1. The van der Waals surface area contributed by atoms with Gasteiger partial charge >= 0.3 is 35.0 Å². The molecule has 348 valence electrons. The number of carbonyl (C=O) groups excluding carboxylic acids is 2. The zero-order valence-corrected chi connectivity index (χ0v) is 42.4. The van der Waals surface area contributed by atoms with Crippen molar-refractivity contribution in [3.63, 3.8) is 0 Å². The third-order valence-electron chi connectivity index (χ3n) is 13.8. The van der Waals surface area contributed by atoms with Crippen molar-refractivity contribution in [2.24, 2.45) is 17.8 Å². The van der Waals surface area contributed by atoms with Crippen LogP contribution in [0.3, 0.4) is 0 Å². The average Bonchev–Trinajstić information content (AvgIpc) is 4.02. The number of aromatic nitrogens is 4. The molecule has 0 fully saturated rings. The van der Waals surface area contributed by atoms with Gasteiger partial charge < -0.3 is 29.7 Å². The first-order valence-corrected chi connectivity index (χ1v) is 23.7. The van der Waals surface area contributed by atoms with E-state index >= 15 is 0 Å². The van der Waals surface area contributed by atoms with Gasteiger partial charge in [-0.05, 0) is 80.6 Å². The summed E-state index contributed by atoms with van der Waals surface area (Å²) in [5.41, 5.74) is 9.49. The van der Waals surface area contributed by atoms with Gasteiger partial charge in [-0.2, -0.15) is 0 Å². The monoisotopic (exact) mass is 906 g/mol. The van der Waals surface area contributed by atoms with Gasteiger partial charge in [0.1, 0.15) is 6.61 Å². The van der Waals surface area contributed by atoms with Crippen LogP contribution in [-0.2, 0) is 19.1 Å². The van der Waals surface area contributed by atoms with E-state index in [0.29, 0.717) is 85.0 Å². The first-order valence-electron chi connectivity index (χ1n) is 23.7. The normalized spacial score (nSPS) is 16.7. The van der Waals surface area contributed by atoms with Crippen LogP contribution >= 0.6 is 0 Å². The molecule has 2 aliphatic heterocycles. The summed E-state index contributed by atoms with van der Waals surface area (Å²) in [5.74, 6) is 0.0657. The van der Waals surface area contributed by atoms with Gasteiger partial charge in [-0.1, -0.05) is 146 Å². The zero-order valence-electron chi connectivity index (χ0n) is 40.9. The summed E-state index contributed by atoms with van der Waals surface area (Å²) < 4.78 is 11.0. The number of fused-ring (bicyclic) bond motifs is 8. The van der Waals surface area contributed by atoms with Crippen LogP contribution in [0.5, 0.6) is 0 Å². The molecule has 5 heterocycles. The Labute approximate surface area is 408 Å². The van der Waals surface area contributed by atoms with Gasteiger partial charge in [0, 0.05) is 35.1 Å². The number of nitrogens with zero attached hydrogens (tertiary/aromatic N) is 4. The van der Waals surface area contributed by atoms with E-state index in [-0.39, 0.29) is 66.1 Å². The number of ether oxygens (including phenoxy) is 2. The maximum atomic E-state index is 14.3. The summed E-state index contributed by atoms with van der Waals surface area (Å²) in [6.45, 7) is 25.3. The Morgan fingerprint density at radius 1 is 0.864 bits per heavy atom. The smallest absolute Gasteiger partial charge is 0.871 e. The number of methoxy groups -OCH3 is 1. The Morgan fingerprint density at radius 3 is 2.15 bits per heavy atom. The number of hydrogen-bond acceptors (Lipinski definition) is 8. The van der Waals surface area contributed by atoms with Gasteiger partial charge in [0.05, 0.1) is 36.4 Å². The number of rotatable bonds is 21. The number of aliphatic hydroxyl groups excluding tert-OH is 1. The van der Waals surface area contributed by atoms with E-state index in [1.54, 1.807) is 25.1 Å². The minimum atomic E-state index is -0.782. The summed E-state index contributed by atoms with van der Waals surface area (Å²) in [5, 5.41) is 24.9. The molecule has 8 bridgehead atoms. The van der Waals surface area contributed by atoms with Crippen molar-refractivity contribution in [3.05, 3.63) is 99.7 Å². The van der Waals surface area contributed by atoms with Crippen molar-refractivity contribution >= 4 is 85.6 Å². The fourth-order valence-corrected chi connectivity index (χ4v) is 9.74. The van der Waals surface area contributed by atoms with E-state index in [1.165, 1.54) is 57.6 Å². The van der Waals surface area contributed by atoms with Crippen molar-refractivity contribution in [2.75, 3.05) is 20.3 Å². The minimum absolute atomic E-state index is 0. The van der Waals surface area contributed by atoms with Crippen LogP contribution in [0.4, 0.5) is 0 Å². The quantitative estimate of drug-likeness (QED) is 0.0622. The van der Waals surface area contributed by atoms with Crippen molar-refractivity contribution in [1.29, 1.82) is 0 Å². The van der Waals surface area contributed by atoms with Crippen LogP contribution in [0, 0.1) is 31.6 Å². The summed E-state index contributed by atoms with van der Waals surface area (Å²) in [6, 6.07) is 5.53. The number of hydrogen-bond donors (Lipinski definition) is 1. The first-order chi connectivity index (χ1) is 31.1. The van der Waals surface area contributed by atoms with Crippen molar-refractivity contribution in [1.82, 2.24) is 19.9 Å². The first kappa shape index (κ1) is 52.3. The Morgan fingerprint density at radius 2 is 1.52 bits per heavy atom. The molecule has 3 aromatic heterocycles. The number of carbonyl (C=O) groups is 2. The molecule has 66 heavy (non-hydrogen) atoms. The molecule has 0 saturated carbocycles. The Kier molecular flexibility index (Phi) is 18.5. The van der Waals surface area contributed by atoms with Gasteiger partial charge in [0.15, 0.2) is 0 Å². The van der Waals surface area contributed by atoms with Gasteiger partial charge in [-0.15, -0.1) is 22.1 Å². The molecule has 0 amide bonds. The summed E-state index contributed by atoms with van der Waals surface area (Å²) in [7, 11) is 1.25. The maximum absolute atomic E-state index is 14.3. The predicted molar refractivity (Wildman–Crippen MR) is 267 cm³/mol. The van der Waals surface area contributed by atoms with Crippen molar-refractivity contribution in [2.45, 2.75) is 138 Å². The molecule has 0 saturated heterocycles. The molecule has 10 nitrogen and oxygen atoms in total. The fourth-order valence-electron chi connectivity index (χ4n) is 9.74. The second-order valence-corrected chi connectivity index (χ2v) is 19.1. The summed E-state index contributed by atoms with van der Waals surface area (Å²) in [6.07, 6.45) is 17.0. The zero-order chi connectivity index (χ0) is 47.1. The fraction of sp³-hybridized carbons (Fsp3) is 0.491. The SMILES string of the molecule is C=CC1=C(CO)c2cc3[n-]c(cc4nc(c5c6[n-]c(cc1n2)c(C)c6C([O-])=C5C(=O)OC)[C@@H](CCC(=O)OC/C=C(\C)CCC[C@H](C)CCC[C@H](C)CCCC(C)C)[C@@H]4C)c(C)c3C=C.[Mg+2]. The van der Waals surface area contributed by atoms with Gasteiger partial charge in [-0.25, -0.2) is 9.78 Å². The second-order valence-electron chi connectivity index (χ2n) is 19.1. The van der Waals surface area contributed by atoms with Crippen LogP contribution < -0.4 is 15.1 Å². The third kappa shape index (κ3) is 11.5.